The van der Waals surface area contributed by atoms with Gasteiger partial charge < -0.3 is 14.8 Å². The maximum Gasteiger partial charge on any atom is 0.573 e. The molecule has 1 aliphatic rings. The minimum Gasteiger partial charge on any atom is -0.405 e. The van der Waals surface area contributed by atoms with Crippen LogP contribution in [0.15, 0.2) is 24.3 Å². The standard InChI is InChI=1S/C13H14F3NO3/c1-17-10-7-19-6-9(10)12(18)8-4-2-3-5-11(8)20-13(14,15)16/h2-5,9-10,17H,6-7H2,1H3. The molecule has 0 spiro atoms. The summed E-state index contributed by atoms with van der Waals surface area (Å²) < 4.78 is 46.1. The molecule has 1 aliphatic heterocycles. The highest BCUT2D eigenvalue weighted by molar-refractivity contribution is 6.01. The van der Waals surface area contributed by atoms with E-state index in [0.29, 0.717) is 6.61 Å². The van der Waals surface area contributed by atoms with Gasteiger partial charge in [-0.25, -0.2) is 0 Å². The van der Waals surface area contributed by atoms with Crippen LogP contribution >= 0.6 is 0 Å². The van der Waals surface area contributed by atoms with Crippen molar-refractivity contribution < 1.29 is 27.4 Å². The summed E-state index contributed by atoms with van der Waals surface area (Å²) in [5.74, 6) is -1.41. The third kappa shape index (κ3) is 3.29. The average Bonchev–Trinajstić information content (AvgIpc) is 2.85. The molecule has 1 aromatic carbocycles. The SMILES string of the molecule is CNC1COCC1C(=O)c1ccccc1OC(F)(F)F. The summed E-state index contributed by atoms with van der Waals surface area (Å²) in [4.78, 5) is 12.4. The highest BCUT2D eigenvalue weighted by Gasteiger charge is 2.37. The van der Waals surface area contributed by atoms with Gasteiger partial charge in [0.15, 0.2) is 5.78 Å². The lowest BCUT2D eigenvalue weighted by Crippen LogP contribution is -2.37. The first-order valence-corrected chi connectivity index (χ1v) is 6.06. The van der Waals surface area contributed by atoms with E-state index in [1.807, 2.05) is 0 Å². The Labute approximate surface area is 113 Å². The van der Waals surface area contributed by atoms with Crippen molar-refractivity contribution >= 4 is 5.78 Å². The zero-order chi connectivity index (χ0) is 14.8. The molecule has 1 aromatic rings. The number of hydrogen-bond acceptors (Lipinski definition) is 4. The number of Topliss-reactive ketones (excluding diaryl/α,β-unsaturated/α-hetero) is 1. The van der Waals surface area contributed by atoms with E-state index in [1.54, 1.807) is 7.05 Å². The van der Waals surface area contributed by atoms with Gasteiger partial charge in [0.2, 0.25) is 0 Å². The van der Waals surface area contributed by atoms with Gasteiger partial charge in [0, 0.05) is 6.04 Å². The van der Waals surface area contributed by atoms with Crippen LogP contribution in [0.4, 0.5) is 13.2 Å². The molecule has 0 aliphatic carbocycles. The zero-order valence-electron chi connectivity index (χ0n) is 10.7. The molecule has 0 saturated carbocycles. The highest BCUT2D eigenvalue weighted by atomic mass is 19.4. The first-order chi connectivity index (χ1) is 9.42. The number of benzene rings is 1. The molecule has 1 fully saturated rings. The zero-order valence-corrected chi connectivity index (χ0v) is 10.7. The van der Waals surface area contributed by atoms with Crippen molar-refractivity contribution in [2.24, 2.45) is 5.92 Å². The number of carbonyl (C=O) groups excluding carboxylic acids is 1. The topological polar surface area (TPSA) is 47.6 Å². The number of rotatable bonds is 4. The van der Waals surface area contributed by atoms with Crippen LogP contribution < -0.4 is 10.1 Å². The lowest BCUT2D eigenvalue weighted by Gasteiger charge is -2.18. The summed E-state index contributed by atoms with van der Waals surface area (Å²) in [5, 5.41) is 2.92. The van der Waals surface area contributed by atoms with Crippen molar-refractivity contribution in [1.82, 2.24) is 5.32 Å². The van der Waals surface area contributed by atoms with Gasteiger partial charge in [-0.05, 0) is 19.2 Å². The maximum absolute atomic E-state index is 12.4. The lowest BCUT2D eigenvalue weighted by atomic mass is 9.93. The Bertz CT molecular complexity index is 490. The molecule has 110 valence electrons. The van der Waals surface area contributed by atoms with Crippen LogP contribution in [0, 0.1) is 5.92 Å². The Morgan fingerprint density at radius 1 is 1.35 bits per heavy atom. The molecular weight excluding hydrogens is 275 g/mol. The van der Waals surface area contributed by atoms with Gasteiger partial charge in [-0.1, -0.05) is 12.1 Å². The Morgan fingerprint density at radius 3 is 2.70 bits per heavy atom. The van der Waals surface area contributed by atoms with Crippen LogP contribution in [0.3, 0.4) is 0 Å². The second-order valence-corrected chi connectivity index (χ2v) is 4.45. The fourth-order valence-corrected chi connectivity index (χ4v) is 2.18. The van der Waals surface area contributed by atoms with Crippen molar-refractivity contribution in [3.05, 3.63) is 29.8 Å². The van der Waals surface area contributed by atoms with E-state index in [9.17, 15) is 18.0 Å². The third-order valence-electron chi connectivity index (χ3n) is 3.17. The summed E-state index contributed by atoms with van der Waals surface area (Å²) in [6.07, 6.45) is -4.83. The minimum absolute atomic E-state index is 0.0828. The number of nitrogens with one attached hydrogen (secondary N) is 1. The molecule has 0 aromatic heterocycles. The second-order valence-electron chi connectivity index (χ2n) is 4.45. The van der Waals surface area contributed by atoms with E-state index in [-0.39, 0.29) is 18.2 Å². The molecule has 0 amide bonds. The van der Waals surface area contributed by atoms with Gasteiger partial charge in [-0.2, -0.15) is 0 Å². The van der Waals surface area contributed by atoms with Crippen LogP contribution in [-0.4, -0.2) is 38.4 Å². The van der Waals surface area contributed by atoms with Crippen molar-refractivity contribution in [2.45, 2.75) is 12.4 Å². The van der Waals surface area contributed by atoms with Gasteiger partial charge >= 0.3 is 6.36 Å². The van der Waals surface area contributed by atoms with Crippen molar-refractivity contribution in [1.29, 1.82) is 0 Å². The molecule has 1 N–H and O–H groups in total. The predicted octanol–water partition coefficient (Wildman–Crippen LogP) is 2.00. The molecule has 20 heavy (non-hydrogen) atoms. The number of para-hydroxylation sites is 1. The van der Waals surface area contributed by atoms with Gasteiger partial charge in [0.05, 0.1) is 24.7 Å². The quantitative estimate of drug-likeness (QED) is 0.861. The average molecular weight is 289 g/mol. The number of likely N-dealkylation sites (N-methyl/N-ethyl adjacent to an activating group) is 1. The Kier molecular flexibility index (Phi) is 4.29. The molecular formula is C13H14F3NO3. The monoisotopic (exact) mass is 289 g/mol. The van der Waals surface area contributed by atoms with Crippen LogP contribution in [-0.2, 0) is 4.74 Å². The van der Waals surface area contributed by atoms with Crippen LogP contribution in [0.25, 0.3) is 0 Å². The van der Waals surface area contributed by atoms with Gasteiger partial charge in [0.1, 0.15) is 5.75 Å². The smallest absolute Gasteiger partial charge is 0.405 e. The van der Waals surface area contributed by atoms with E-state index >= 15 is 0 Å². The van der Waals surface area contributed by atoms with Crippen molar-refractivity contribution in [2.75, 3.05) is 20.3 Å². The largest absolute Gasteiger partial charge is 0.573 e. The van der Waals surface area contributed by atoms with Gasteiger partial charge in [0.25, 0.3) is 0 Å². The maximum atomic E-state index is 12.4. The number of hydrogen-bond donors (Lipinski definition) is 1. The minimum atomic E-state index is -4.83. The predicted molar refractivity (Wildman–Crippen MR) is 64.6 cm³/mol. The summed E-state index contributed by atoms with van der Waals surface area (Å²) in [6.45, 7) is 0.542. The van der Waals surface area contributed by atoms with E-state index in [1.165, 1.54) is 18.2 Å². The fourth-order valence-electron chi connectivity index (χ4n) is 2.18. The lowest BCUT2D eigenvalue weighted by molar-refractivity contribution is -0.274. The molecule has 0 radical (unpaired) electrons. The van der Waals surface area contributed by atoms with Crippen molar-refractivity contribution in [3.8, 4) is 5.75 Å². The molecule has 1 saturated heterocycles. The summed E-state index contributed by atoms with van der Waals surface area (Å²) in [7, 11) is 1.68. The van der Waals surface area contributed by atoms with Crippen LogP contribution in [0.5, 0.6) is 5.75 Å². The molecule has 0 bridgehead atoms. The first kappa shape index (κ1) is 14.8. The number of ketones is 1. The van der Waals surface area contributed by atoms with E-state index in [0.717, 1.165) is 6.07 Å². The number of ether oxygens (including phenoxy) is 2. The fraction of sp³-hybridized carbons (Fsp3) is 0.462. The summed E-state index contributed by atoms with van der Waals surface area (Å²) >= 11 is 0. The third-order valence-corrected chi connectivity index (χ3v) is 3.17. The summed E-state index contributed by atoms with van der Waals surface area (Å²) in [5.41, 5.74) is -0.0828. The van der Waals surface area contributed by atoms with E-state index in [4.69, 9.17) is 4.74 Å². The Hall–Kier alpha value is -1.60. The Morgan fingerprint density at radius 2 is 2.05 bits per heavy atom. The van der Waals surface area contributed by atoms with Crippen LogP contribution in [0.1, 0.15) is 10.4 Å². The molecule has 2 unspecified atom stereocenters. The Balaban J connectivity index is 2.26. The molecule has 2 rings (SSSR count). The molecule has 2 atom stereocenters. The number of halogens is 3. The van der Waals surface area contributed by atoms with E-state index < -0.39 is 23.8 Å². The normalized spacial score (nSPS) is 22.8. The van der Waals surface area contributed by atoms with Gasteiger partial charge in [-0.3, -0.25) is 4.79 Å². The second kappa shape index (κ2) is 5.80. The highest BCUT2D eigenvalue weighted by Crippen LogP contribution is 2.29. The summed E-state index contributed by atoms with van der Waals surface area (Å²) in [6, 6.07) is 5.14. The molecule has 4 nitrogen and oxygen atoms in total. The first-order valence-electron chi connectivity index (χ1n) is 6.06. The van der Waals surface area contributed by atoms with Crippen molar-refractivity contribution in [3.63, 3.8) is 0 Å². The number of carbonyl (C=O) groups is 1. The number of alkyl halides is 3. The van der Waals surface area contributed by atoms with Gasteiger partial charge in [-0.15, -0.1) is 13.2 Å². The van der Waals surface area contributed by atoms with Crippen LogP contribution in [0.2, 0.25) is 0 Å². The molecule has 7 heteroatoms. The molecule has 1 heterocycles. The van der Waals surface area contributed by atoms with E-state index in [2.05, 4.69) is 10.1 Å².